The first-order valence-corrected chi connectivity index (χ1v) is 2.94. The van der Waals surface area contributed by atoms with Crippen molar-refractivity contribution in [2.45, 2.75) is 13.8 Å². The van der Waals surface area contributed by atoms with Gasteiger partial charge in [0.15, 0.2) is 0 Å². The van der Waals surface area contributed by atoms with E-state index in [1.807, 2.05) is 13.8 Å². The summed E-state index contributed by atoms with van der Waals surface area (Å²) in [6, 6.07) is 0. The fraction of sp³-hybridized carbons (Fsp3) is 0.750. The Kier molecular flexibility index (Phi) is 2.67. The molecule has 0 radical (unpaired) electrons. The predicted molar refractivity (Wildman–Crippen MR) is 19.8 cm³/mol. The minimum absolute atomic E-state index is 0.201. The van der Waals surface area contributed by atoms with Crippen molar-refractivity contribution in [3.05, 3.63) is 0 Å². The van der Waals surface area contributed by atoms with Crippen LogP contribution in [0.3, 0.4) is 0 Å². The van der Waals surface area contributed by atoms with Crippen molar-refractivity contribution >= 4 is 4.17 Å². The Balaban J connectivity index is 3.26. The molecule has 0 amide bonds. The molecule has 0 aliphatic rings. The molecule has 0 aromatic carbocycles. The van der Waals surface area contributed by atoms with E-state index in [0.717, 1.165) is 0 Å². The Bertz CT molecular complexity index is 58.6. The van der Waals surface area contributed by atoms with Crippen LogP contribution in [-0.4, -0.2) is 4.17 Å². The molecule has 0 bridgehead atoms. The molecule has 1 nitrogen and oxygen atoms in total. The molecule has 0 aliphatic carbocycles. The van der Waals surface area contributed by atoms with Gasteiger partial charge in [-0.15, -0.1) is 0 Å². The minimum atomic E-state index is 0.201. The monoisotopic (exact) mass is 266 g/mol. The number of carbonyl (C=O) groups is 1. The van der Waals surface area contributed by atoms with Crippen molar-refractivity contribution in [2.24, 2.45) is 5.92 Å². The van der Waals surface area contributed by atoms with Crippen molar-refractivity contribution in [3.8, 4) is 0 Å². The number of carbonyl (C=O) groups excluding carboxylic acids is 1. The van der Waals surface area contributed by atoms with E-state index >= 15 is 0 Å². The Morgan fingerprint density at radius 2 is 1.83 bits per heavy atom. The van der Waals surface area contributed by atoms with Crippen LogP contribution in [-0.2, 0) is 24.6 Å². The summed E-state index contributed by atoms with van der Waals surface area (Å²) < 4.78 is 0.231. The summed E-state index contributed by atoms with van der Waals surface area (Å²) >= 11 is 1.78. The predicted octanol–water partition coefficient (Wildman–Crippen LogP) is 0.716. The van der Waals surface area contributed by atoms with Gasteiger partial charge in [-0.2, -0.15) is 0 Å². The van der Waals surface area contributed by atoms with Crippen molar-refractivity contribution < 1.29 is 24.6 Å². The first kappa shape index (κ1) is 6.36. The molecule has 0 spiro atoms. The normalized spacial score (nSPS) is 9.50. The van der Waals surface area contributed by atoms with E-state index in [1.54, 1.807) is 19.8 Å². The Morgan fingerprint density at radius 3 is 1.83 bits per heavy atom. The number of hydrogen-bond acceptors (Lipinski definition) is 1. The van der Waals surface area contributed by atoms with Gasteiger partial charge in [0.05, 0.1) is 0 Å². The summed E-state index contributed by atoms with van der Waals surface area (Å²) in [6.07, 6.45) is 0. The zero-order chi connectivity index (χ0) is 5.15. The quantitative estimate of drug-likeness (QED) is 0.683. The van der Waals surface area contributed by atoms with Gasteiger partial charge in [-0.3, -0.25) is 0 Å². The fourth-order valence-corrected chi connectivity index (χ4v) is 0. The fourth-order valence-electron chi connectivity index (χ4n) is 0. The SMILES string of the molecule is CC(C)[C](=O)[Pt]. The van der Waals surface area contributed by atoms with Crippen molar-refractivity contribution in [1.29, 1.82) is 0 Å². The molecule has 0 heterocycles. The van der Waals surface area contributed by atoms with Gasteiger partial charge < -0.3 is 0 Å². The van der Waals surface area contributed by atoms with Crippen LogP contribution in [0.2, 0.25) is 0 Å². The third-order valence-electron chi connectivity index (χ3n) is 0.418. The standard InChI is InChI=1S/C4H7O.Pt/c1-4(2)3-5;/h4H,1-2H3;. The summed E-state index contributed by atoms with van der Waals surface area (Å²) in [5, 5.41) is 0. The summed E-state index contributed by atoms with van der Waals surface area (Å²) in [6.45, 7) is 3.77. The average Bonchev–Trinajstić information content (AvgIpc) is 1.36. The molecule has 0 N–H and O–H groups in total. The van der Waals surface area contributed by atoms with Gasteiger partial charge in [-0.25, -0.2) is 0 Å². The summed E-state index contributed by atoms with van der Waals surface area (Å²) in [5.74, 6) is 0.201. The summed E-state index contributed by atoms with van der Waals surface area (Å²) in [7, 11) is 0. The van der Waals surface area contributed by atoms with Crippen molar-refractivity contribution in [2.75, 3.05) is 0 Å². The molecule has 0 aromatic rings. The van der Waals surface area contributed by atoms with Crippen LogP contribution in [0.15, 0.2) is 0 Å². The van der Waals surface area contributed by atoms with E-state index in [1.165, 1.54) is 0 Å². The van der Waals surface area contributed by atoms with Crippen LogP contribution < -0.4 is 0 Å². The van der Waals surface area contributed by atoms with Crippen LogP contribution in [0, 0.1) is 5.92 Å². The Labute approximate surface area is 49.0 Å². The van der Waals surface area contributed by atoms with E-state index in [9.17, 15) is 4.79 Å². The number of hydrogen-bond donors (Lipinski definition) is 0. The van der Waals surface area contributed by atoms with E-state index in [0.29, 0.717) is 0 Å². The van der Waals surface area contributed by atoms with Gasteiger partial charge in [0.1, 0.15) is 0 Å². The Morgan fingerprint density at radius 1 is 1.67 bits per heavy atom. The summed E-state index contributed by atoms with van der Waals surface area (Å²) in [5.41, 5.74) is 0. The van der Waals surface area contributed by atoms with Gasteiger partial charge in [0.2, 0.25) is 0 Å². The summed E-state index contributed by atoms with van der Waals surface area (Å²) in [4.78, 5) is 10.1. The zero-order valence-corrected chi connectivity index (χ0v) is 6.07. The molecule has 2 heteroatoms. The van der Waals surface area contributed by atoms with E-state index in [2.05, 4.69) is 0 Å². The molecule has 0 saturated carbocycles. The first-order valence-electron chi connectivity index (χ1n) is 1.81. The van der Waals surface area contributed by atoms with Crippen LogP contribution in [0.1, 0.15) is 13.8 Å². The second-order valence-electron chi connectivity index (χ2n) is 1.43. The molecular weight excluding hydrogens is 259 g/mol. The van der Waals surface area contributed by atoms with Crippen molar-refractivity contribution in [3.63, 3.8) is 0 Å². The molecular formula is C4H7OPt. The maximum absolute atomic E-state index is 10.1. The van der Waals surface area contributed by atoms with E-state index in [4.69, 9.17) is 0 Å². The van der Waals surface area contributed by atoms with Crippen LogP contribution in [0.4, 0.5) is 0 Å². The van der Waals surface area contributed by atoms with Crippen LogP contribution in [0.5, 0.6) is 0 Å². The first-order chi connectivity index (χ1) is 2.64. The van der Waals surface area contributed by atoms with E-state index in [-0.39, 0.29) is 10.1 Å². The topological polar surface area (TPSA) is 17.1 Å². The average molecular weight is 266 g/mol. The molecule has 0 rings (SSSR count). The second-order valence-corrected chi connectivity index (χ2v) is 2.55. The maximum atomic E-state index is 10.1. The zero-order valence-electron chi connectivity index (χ0n) is 3.80. The molecule has 39 valence electrons. The molecule has 0 saturated heterocycles. The molecule has 6 heavy (non-hydrogen) atoms. The van der Waals surface area contributed by atoms with Crippen LogP contribution >= 0.6 is 0 Å². The molecule has 0 aliphatic heterocycles. The van der Waals surface area contributed by atoms with Gasteiger partial charge in [-0.1, -0.05) is 0 Å². The van der Waals surface area contributed by atoms with Crippen LogP contribution in [0.25, 0.3) is 0 Å². The third-order valence-corrected chi connectivity index (χ3v) is 1.73. The molecule has 0 atom stereocenters. The van der Waals surface area contributed by atoms with E-state index < -0.39 is 0 Å². The molecule has 0 aromatic heterocycles. The van der Waals surface area contributed by atoms with Gasteiger partial charge in [0.25, 0.3) is 0 Å². The Hall–Kier alpha value is 0.358. The van der Waals surface area contributed by atoms with Gasteiger partial charge in [0, 0.05) is 0 Å². The van der Waals surface area contributed by atoms with Crippen molar-refractivity contribution in [1.82, 2.24) is 0 Å². The molecule has 0 unspecified atom stereocenters. The second kappa shape index (κ2) is 2.52. The van der Waals surface area contributed by atoms with Gasteiger partial charge in [-0.05, 0) is 0 Å². The molecule has 0 fully saturated rings. The third kappa shape index (κ3) is 2.59. The number of rotatable bonds is 1. The van der Waals surface area contributed by atoms with Gasteiger partial charge >= 0.3 is 48.5 Å².